The first-order valence-corrected chi connectivity index (χ1v) is 10.8. The number of rotatable bonds is 4. The molecule has 0 aromatic heterocycles. The van der Waals surface area contributed by atoms with E-state index in [1.165, 1.54) is 6.42 Å². The van der Waals surface area contributed by atoms with Crippen molar-refractivity contribution in [2.45, 2.75) is 50.3 Å². The van der Waals surface area contributed by atoms with Crippen molar-refractivity contribution in [3.63, 3.8) is 0 Å². The highest BCUT2D eigenvalue weighted by Crippen LogP contribution is 2.21. The zero-order chi connectivity index (χ0) is 17.9. The second kappa shape index (κ2) is 7.87. The predicted molar refractivity (Wildman–Crippen MR) is 97.7 cm³/mol. The fourth-order valence-corrected chi connectivity index (χ4v) is 5.25. The molecular formula is C19H28N2O3S. The molecule has 1 unspecified atom stereocenters. The molecule has 3 rings (SSSR count). The summed E-state index contributed by atoms with van der Waals surface area (Å²) in [4.78, 5) is 14.7. The van der Waals surface area contributed by atoms with Gasteiger partial charge in [0.15, 0.2) is 0 Å². The molecule has 1 atom stereocenters. The van der Waals surface area contributed by atoms with Crippen molar-refractivity contribution in [2.75, 3.05) is 26.2 Å². The van der Waals surface area contributed by atoms with Crippen molar-refractivity contribution in [1.29, 1.82) is 0 Å². The van der Waals surface area contributed by atoms with E-state index in [1.54, 1.807) is 28.6 Å². The molecule has 5 nitrogen and oxygen atoms in total. The van der Waals surface area contributed by atoms with Crippen molar-refractivity contribution < 1.29 is 13.2 Å². The van der Waals surface area contributed by atoms with Crippen LogP contribution in [0.2, 0.25) is 0 Å². The fraction of sp³-hybridized carbons (Fsp3) is 0.632. The first-order valence-electron chi connectivity index (χ1n) is 9.33. The lowest BCUT2D eigenvalue weighted by Gasteiger charge is -2.31. The maximum atomic E-state index is 12.7. The quantitative estimate of drug-likeness (QED) is 0.825. The third-order valence-electron chi connectivity index (χ3n) is 5.24. The maximum absolute atomic E-state index is 12.7. The largest absolute Gasteiger partial charge is 0.342 e. The van der Waals surface area contributed by atoms with Gasteiger partial charge >= 0.3 is 0 Å². The minimum Gasteiger partial charge on any atom is -0.342 e. The van der Waals surface area contributed by atoms with Crippen molar-refractivity contribution in [1.82, 2.24) is 9.21 Å². The molecule has 0 N–H and O–H groups in total. The minimum atomic E-state index is -3.40. The average molecular weight is 365 g/mol. The van der Waals surface area contributed by atoms with Crippen LogP contribution in [0.5, 0.6) is 0 Å². The second-order valence-electron chi connectivity index (χ2n) is 7.37. The summed E-state index contributed by atoms with van der Waals surface area (Å²) in [6.07, 6.45) is 5.56. The Labute approximate surface area is 151 Å². The maximum Gasteiger partial charge on any atom is 0.243 e. The number of carbonyl (C=O) groups is 1. The van der Waals surface area contributed by atoms with Gasteiger partial charge in [0.05, 0.1) is 11.3 Å². The highest BCUT2D eigenvalue weighted by Gasteiger charge is 2.26. The molecule has 1 amide bonds. The van der Waals surface area contributed by atoms with E-state index in [9.17, 15) is 13.2 Å². The van der Waals surface area contributed by atoms with Gasteiger partial charge in [0.1, 0.15) is 0 Å². The lowest BCUT2D eigenvalue weighted by Crippen LogP contribution is -2.39. The Kier molecular flexibility index (Phi) is 5.79. The van der Waals surface area contributed by atoms with Crippen LogP contribution in [0.15, 0.2) is 29.2 Å². The van der Waals surface area contributed by atoms with E-state index in [0.29, 0.717) is 30.3 Å². The predicted octanol–water partition coefficient (Wildman–Crippen LogP) is 2.66. The Bertz CT molecular complexity index is 694. The smallest absolute Gasteiger partial charge is 0.243 e. The van der Waals surface area contributed by atoms with Crippen LogP contribution in [0.1, 0.15) is 44.6 Å². The van der Waals surface area contributed by atoms with Crippen LogP contribution in [-0.2, 0) is 21.2 Å². The van der Waals surface area contributed by atoms with Crippen molar-refractivity contribution >= 4 is 15.9 Å². The first kappa shape index (κ1) is 18.4. The second-order valence-corrected chi connectivity index (χ2v) is 9.31. The summed E-state index contributed by atoms with van der Waals surface area (Å²) in [6.45, 7) is 5.07. The van der Waals surface area contributed by atoms with Gasteiger partial charge in [-0.25, -0.2) is 8.42 Å². The lowest BCUT2D eigenvalue weighted by atomic mass is 9.99. The van der Waals surface area contributed by atoms with E-state index in [0.717, 1.165) is 44.3 Å². The average Bonchev–Trinajstić information content (AvgIpc) is 2.63. The number of hydrogen-bond acceptors (Lipinski definition) is 3. The number of hydrogen-bond donors (Lipinski definition) is 0. The number of carbonyl (C=O) groups excluding carboxylic acids is 1. The molecule has 138 valence electrons. The summed E-state index contributed by atoms with van der Waals surface area (Å²) in [7, 11) is -3.40. The Morgan fingerprint density at radius 2 is 1.72 bits per heavy atom. The zero-order valence-electron chi connectivity index (χ0n) is 15.0. The third-order valence-corrected chi connectivity index (χ3v) is 7.15. The SMILES string of the molecule is CC1CCCN(C(=O)Cc2ccc(S(=O)(=O)N3CCCCC3)cc2)C1. The summed E-state index contributed by atoms with van der Waals surface area (Å²) in [5.41, 5.74) is 0.876. The summed E-state index contributed by atoms with van der Waals surface area (Å²) >= 11 is 0. The highest BCUT2D eigenvalue weighted by atomic mass is 32.2. The van der Waals surface area contributed by atoms with Gasteiger partial charge in [0.25, 0.3) is 0 Å². The molecule has 2 aliphatic rings. The molecule has 0 saturated carbocycles. The van der Waals surface area contributed by atoms with Crippen LogP contribution in [0.4, 0.5) is 0 Å². The van der Waals surface area contributed by atoms with E-state index in [-0.39, 0.29) is 5.91 Å². The Hall–Kier alpha value is -1.40. The Morgan fingerprint density at radius 1 is 1.04 bits per heavy atom. The van der Waals surface area contributed by atoms with Crippen LogP contribution >= 0.6 is 0 Å². The lowest BCUT2D eigenvalue weighted by molar-refractivity contribution is -0.132. The highest BCUT2D eigenvalue weighted by molar-refractivity contribution is 7.89. The Morgan fingerprint density at radius 3 is 2.36 bits per heavy atom. The monoisotopic (exact) mass is 364 g/mol. The summed E-state index contributed by atoms with van der Waals surface area (Å²) in [6, 6.07) is 6.85. The normalized spacial score (nSPS) is 22.8. The van der Waals surface area contributed by atoms with Crippen molar-refractivity contribution in [3.05, 3.63) is 29.8 Å². The Balaban J connectivity index is 1.64. The summed E-state index contributed by atoms with van der Waals surface area (Å²) < 4.78 is 26.9. The topological polar surface area (TPSA) is 57.7 Å². The van der Waals surface area contributed by atoms with Gasteiger partial charge in [-0.05, 0) is 49.3 Å². The number of amides is 1. The van der Waals surface area contributed by atoms with Crippen LogP contribution < -0.4 is 0 Å². The molecular weight excluding hydrogens is 336 g/mol. The third kappa shape index (κ3) is 4.42. The number of nitrogens with zero attached hydrogens (tertiary/aromatic N) is 2. The standard InChI is InChI=1S/C19H28N2O3S/c1-16-6-5-11-20(15-16)19(22)14-17-7-9-18(10-8-17)25(23,24)21-12-3-2-4-13-21/h7-10,16H,2-6,11-15H2,1H3. The van der Waals surface area contributed by atoms with E-state index >= 15 is 0 Å². The summed E-state index contributed by atoms with van der Waals surface area (Å²) in [5.74, 6) is 0.702. The molecule has 1 aromatic carbocycles. The number of piperidine rings is 2. The van der Waals surface area contributed by atoms with Crippen LogP contribution in [0.3, 0.4) is 0 Å². The van der Waals surface area contributed by atoms with E-state index in [1.807, 2.05) is 4.90 Å². The number of likely N-dealkylation sites (tertiary alicyclic amines) is 1. The van der Waals surface area contributed by atoms with E-state index < -0.39 is 10.0 Å². The van der Waals surface area contributed by atoms with Gasteiger partial charge in [-0.1, -0.05) is 25.5 Å². The van der Waals surface area contributed by atoms with Gasteiger partial charge in [-0.15, -0.1) is 0 Å². The molecule has 2 fully saturated rings. The van der Waals surface area contributed by atoms with Crippen molar-refractivity contribution in [2.24, 2.45) is 5.92 Å². The molecule has 2 saturated heterocycles. The first-order chi connectivity index (χ1) is 12.0. The minimum absolute atomic E-state index is 0.137. The van der Waals surface area contributed by atoms with E-state index in [2.05, 4.69) is 6.92 Å². The molecule has 0 aliphatic carbocycles. The van der Waals surface area contributed by atoms with Crippen LogP contribution in [-0.4, -0.2) is 49.7 Å². The number of benzene rings is 1. The molecule has 0 bridgehead atoms. The zero-order valence-corrected chi connectivity index (χ0v) is 15.8. The van der Waals surface area contributed by atoms with Gasteiger partial charge in [-0.2, -0.15) is 4.31 Å². The van der Waals surface area contributed by atoms with Crippen molar-refractivity contribution in [3.8, 4) is 0 Å². The fourth-order valence-electron chi connectivity index (χ4n) is 3.74. The van der Waals surface area contributed by atoms with Gasteiger partial charge in [0, 0.05) is 26.2 Å². The van der Waals surface area contributed by atoms with Gasteiger partial charge in [0.2, 0.25) is 15.9 Å². The molecule has 0 spiro atoms. The molecule has 2 heterocycles. The molecule has 6 heteroatoms. The van der Waals surface area contributed by atoms with Gasteiger partial charge in [-0.3, -0.25) is 4.79 Å². The van der Waals surface area contributed by atoms with Gasteiger partial charge < -0.3 is 4.90 Å². The summed E-state index contributed by atoms with van der Waals surface area (Å²) in [5, 5.41) is 0. The molecule has 2 aliphatic heterocycles. The number of sulfonamides is 1. The van der Waals surface area contributed by atoms with Crippen LogP contribution in [0, 0.1) is 5.92 Å². The molecule has 25 heavy (non-hydrogen) atoms. The van der Waals surface area contributed by atoms with E-state index in [4.69, 9.17) is 0 Å². The molecule has 0 radical (unpaired) electrons. The van der Waals surface area contributed by atoms with Crippen LogP contribution in [0.25, 0.3) is 0 Å². The molecule has 1 aromatic rings.